The van der Waals surface area contributed by atoms with Crippen LogP contribution in [0.5, 0.6) is 0 Å². The Morgan fingerprint density at radius 2 is 1.75 bits per heavy atom. The molecule has 2 rings (SSSR count). The van der Waals surface area contributed by atoms with Crippen LogP contribution >= 0.6 is 46.0 Å². The van der Waals surface area contributed by atoms with E-state index in [2.05, 4.69) is 59.8 Å². The highest BCUT2D eigenvalue weighted by atomic mass is 127. The summed E-state index contributed by atoms with van der Waals surface area (Å²) >= 11 is 10.0. The zero-order valence-corrected chi connectivity index (χ0v) is 12.4. The lowest BCUT2D eigenvalue weighted by molar-refractivity contribution is 1.29. The number of hydrogen-bond donors (Lipinski definition) is 0. The van der Waals surface area contributed by atoms with Gasteiger partial charge in [-0.25, -0.2) is 0 Å². The summed E-state index contributed by atoms with van der Waals surface area (Å²) in [5.74, 6) is 0. The predicted octanol–water partition coefficient (Wildman–Crippen LogP) is 5.40. The quantitative estimate of drug-likeness (QED) is 0.646. The Kier molecular flexibility index (Phi) is 4.16. The summed E-state index contributed by atoms with van der Waals surface area (Å²) < 4.78 is 1.26. The molecule has 2 aromatic carbocycles. The number of halogens is 2. The molecule has 0 N–H and O–H groups in total. The largest absolute Gasteiger partial charge is 0.0898 e. The normalized spacial score (nSPS) is 10.4. The van der Waals surface area contributed by atoms with E-state index in [4.69, 9.17) is 11.6 Å². The molecule has 0 saturated heterocycles. The Labute approximate surface area is 119 Å². The number of rotatable bonds is 2. The molecule has 0 saturated carbocycles. The third-order valence-corrected chi connectivity index (χ3v) is 4.32. The first-order valence-corrected chi connectivity index (χ1v) is 7.12. The highest BCUT2D eigenvalue weighted by Crippen LogP contribution is 2.31. The third-order valence-electron chi connectivity index (χ3n) is 2.18. The molecule has 3 heteroatoms. The average molecular weight is 361 g/mol. The van der Waals surface area contributed by atoms with E-state index in [0.29, 0.717) is 0 Å². The molecule has 0 aliphatic carbocycles. The molecule has 0 heterocycles. The summed E-state index contributed by atoms with van der Waals surface area (Å²) in [4.78, 5) is 2.51. The van der Waals surface area contributed by atoms with Gasteiger partial charge in [0.2, 0.25) is 0 Å². The van der Waals surface area contributed by atoms with Crippen LogP contribution in [0.15, 0.2) is 52.3 Å². The lowest BCUT2D eigenvalue weighted by Crippen LogP contribution is -1.80. The lowest BCUT2D eigenvalue weighted by atomic mass is 10.2. The molecule has 0 nitrogen and oxygen atoms in total. The van der Waals surface area contributed by atoms with Crippen LogP contribution in [0, 0.1) is 10.5 Å². The van der Waals surface area contributed by atoms with Gasteiger partial charge in [-0.2, -0.15) is 0 Å². The Morgan fingerprint density at radius 3 is 2.38 bits per heavy atom. The van der Waals surface area contributed by atoms with Crippen LogP contribution in [0.3, 0.4) is 0 Å². The Morgan fingerprint density at radius 1 is 1.06 bits per heavy atom. The van der Waals surface area contributed by atoms with Crippen molar-refractivity contribution in [2.24, 2.45) is 0 Å². The smallest absolute Gasteiger partial charge is 0.0409 e. The second kappa shape index (κ2) is 5.43. The molecule has 16 heavy (non-hydrogen) atoms. The molecule has 0 atom stereocenters. The van der Waals surface area contributed by atoms with E-state index in [-0.39, 0.29) is 0 Å². The standard InChI is InChI=1S/C13H10ClIS/c1-9-8-10(14)2-7-13(9)16-12-5-3-11(15)4-6-12/h2-8H,1H3. The Hall–Kier alpha value is -0.190. The summed E-state index contributed by atoms with van der Waals surface area (Å²) in [5.41, 5.74) is 1.22. The molecular weight excluding hydrogens is 351 g/mol. The molecule has 2 aromatic rings. The van der Waals surface area contributed by atoms with Crippen molar-refractivity contribution in [2.75, 3.05) is 0 Å². The fourth-order valence-electron chi connectivity index (χ4n) is 1.36. The maximum absolute atomic E-state index is 5.93. The topological polar surface area (TPSA) is 0 Å². The SMILES string of the molecule is Cc1cc(Cl)ccc1Sc1ccc(I)cc1. The summed E-state index contributed by atoms with van der Waals surface area (Å²) in [6.45, 7) is 2.08. The second-order valence-corrected chi connectivity index (χ2v) is 6.26. The highest BCUT2D eigenvalue weighted by molar-refractivity contribution is 14.1. The molecule has 0 radical (unpaired) electrons. The lowest BCUT2D eigenvalue weighted by Gasteiger charge is -2.05. The number of hydrogen-bond acceptors (Lipinski definition) is 1. The van der Waals surface area contributed by atoms with E-state index in [1.54, 1.807) is 11.8 Å². The van der Waals surface area contributed by atoms with Crippen molar-refractivity contribution < 1.29 is 0 Å². The average Bonchev–Trinajstić information content (AvgIpc) is 2.25. The summed E-state index contributed by atoms with van der Waals surface area (Å²) in [5, 5.41) is 0.796. The van der Waals surface area contributed by atoms with Gasteiger partial charge in [0.1, 0.15) is 0 Å². The molecule has 0 bridgehead atoms. The zero-order valence-electron chi connectivity index (χ0n) is 8.71. The van der Waals surface area contributed by atoms with Gasteiger partial charge in [0.15, 0.2) is 0 Å². The first-order valence-electron chi connectivity index (χ1n) is 4.85. The van der Waals surface area contributed by atoms with Gasteiger partial charge in [0, 0.05) is 18.4 Å². The van der Waals surface area contributed by atoms with Crippen molar-refractivity contribution in [1.29, 1.82) is 0 Å². The van der Waals surface area contributed by atoms with Gasteiger partial charge in [0.05, 0.1) is 0 Å². The van der Waals surface area contributed by atoms with Crippen molar-refractivity contribution in [3.63, 3.8) is 0 Å². The summed E-state index contributed by atoms with van der Waals surface area (Å²) in [6.07, 6.45) is 0. The van der Waals surface area contributed by atoms with Crippen molar-refractivity contribution in [3.05, 3.63) is 56.6 Å². The van der Waals surface area contributed by atoms with E-state index in [1.807, 2.05) is 12.1 Å². The fraction of sp³-hybridized carbons (Fsp3) is 0.0769. The highest BCUT2D eigenvalue weighted by Gasteiger charge is 2.01. The van der Waals surface area contributed by atoms with Crippen LogP contribution in [0.25, 0.3) is 0 Å². The molecule has 0 spiro atoms. The first kappa shape index (κ1) is 12.3. The zero-order chi connectivity index (χ0) is 11.5. The molecule has 82 valence electrons. The second-order valence-electron chi connectivity index (χ2n) is 3.47. The molecular formula is C13H10ClIS. The Balaban J connectivity index is 2.23. The minimum Gasteiger partial charge on any atom is -0.0898 e. The predicted molar refractivity (Wildman–Crippen MR) is 79.5 cm³/mol. The molecule has 0 aromatic heterocycles. The van der Waals surface area contributed by atoms with Gasteiger partial charge >= 0.3 is 0 Å². The maximum Gasteiger partial charge on any atom is 0.0409 e. The third kappa shape index (κ3) is 3.15. The Bertz CT molecular complexity index is 494. The van der Waals surface area contributed by atoms with Crippen molar-refractivity contribution >= 4 is 46.0 Å². The van der Waals surface area contributed by atoms with Gasteiger partial charge in [-0.3, -0.25) is 0 Å². The van der Waals surface area contributed by atoms with E-state index in [1.165, 1.54) is 18.9 Å². The van der Waals surface area contributed by atoms with Crippen LogP contribution in [-0.4, -0.2) is 0 Å². The minimum absolute atomic E-state index is 0.796. The van der Waals surface area contributed by atoms with E-state index in [0.717, 1.165) is 5.02 Å². The monoisotopic (exact) mass is 360 g/mol. The summed E-state index contributed by atoms with van der Waals surface area (Å²) in [6, 6.07) is 14.5. The van der Waals surface area contributed by atoms with Gasteiger partial charge in [-0.05, 0) is 77.5 Å². The van der Waals surface area contributed by atoms with Crippen molar-refractivity contribution in [2.45, 2.75) is 16.7 Å². The maximum atomic E-state index is 5.93. The number of benzene rings is 2. The first-order chi connectivity index (χ1) is 7.65. The molecule has 0 fully saturated rings. The van der Waals surface area contributed by atoms with Crippen LogP contribution < -0.4 is 0 Å². The minimum atomic E-state index is 0.796. The molecule has 0 amide bonds. The van der Waals surface area contributed by atoms with E-state index in [9.17, 15) is 0 Å². The molecule has 0 unspecified atom stereocenters. The van der Waals surface area contributed by atoms with Crippen molar-refractivity contribution in [1.82, 2.24) is 0 Å². The van der Waals surface area contributed by atoms with Crippen LogP contribution in [-0.2, 0) is 0 Å². The van der Waals surface area contributed by atoms with Crippen LogP contribution in [0.1, 0.15) is 5.56 Å². The van der Waals surface area contributed by atoms with Crippen LogP contribution in [0.4, 0.5) is 0 Å². The van der Waals surface area contributed by atoms with E-state index < -0.39 is 0 Å². The molecule has 0 aliphatic rings. The van der Waals surface area contributed by atoms with Gasteiger partial charge in [-0.1, -0.05) is 23.4 Å². The van der Waals surface area contributed by atoms with E-state index >= 15 is 0 Å². The number of aryl methyl sites for hydroxylation is 1. The fourth-order valence-corrected chi connectivity index (χ4v) is 2.83. The van der Waals surface area contributed by atoms with Gasteiger partial charge < -0.3 is 0 Å². The van der Waals surface area contributed by atoms with Gasteiger partial charge in [-0.15, -0.1) is 0 Å². The van der Waals surface area contributed by atoms with Crippen molar-refractivity contribution in [3.8, 4) is 0 Å². The molecule has 0 aliphatic heterocycles. The summed E-state index contributed by atoms with van der Waals surface area (Å²) in [7, 11) is 0. The van der Waals surface area contributed by atoms with Gasteiger partial charge in [0.25, 0.3) is 0 Å². The van der Waals surface area contributed by atoms with Crippen LogP contribution in [0.2, 0.25) is 5.02 Å².